The fourth-order valence-electron chi connectivity index (χ4n) is 1.74. The van der Waals surface area contributed by atoms with Gasteiger partial charge >= 0.3 is 0 Å². The fraction of sp³-hybridized carbons (Fsp3) is 0.158. The zero-order valence-electron chi connectivity index (χ0n) is 14.3. The van der Waals surface area contributed by atoms with Crippen molar-refractivity contribution in [2.45, 2.75) is 24.8 Å². The molecule has 0 fully saturated rings. The summed E-state index contributed by atoms with van der Waals surface area (Å²) in [5.74, 6) is 0. The average molecular weight is 401 g/mol. The van der Waals surface area contributed by atoms with E-state index < -0.39 is 10.1 Å². The predicted molar refractivity (Wildman–Crippen MR) is 94.5 cm³/mol. The summed E-state index contributed by atoms with van der Waals surface area (Å²) < 4.78 is 31.2. The van der Waals surface area contributed by atoms with Crippen LogP contribution < -0.4 is 5.73 Å². The molecule has 3 rings (SSSR count). The molecule has 25 heavy (non-hydrogen) atoms. The quantitative estimate of drug-likeness (QED) is 0.407. The Morgan fingerprint density at radius 3 is 1.68 bits per heavy atom. The maximum Gasteiger partial charge on any atom is 0.124 e. The molecule has 142 valence electrons. The van der Waals surface area contributed by atoms with Gasteiger partial charge in [0.2, 0.25) is 0 Å². The Labute approximate surface area is 160 Å². The number of rotatable bonds is 2. The molecule has 6 heteroatoms. The second-order valence-electron chi connectivity index (χ2n) is 5.35. The minimum absolute atomic E-state index is 0. The average Bonchev–Trinajstić information content (AvgIpc) is 3.24. The summed E-state index contributed by atoms with van der Waals surface area (Å²) in [6.45, 7) is 3.91. The van der Waals surface area contributed by atoms with E-state index in [2.05, 4.69) is 24.8 Å². The van der Waals surface area contributed by atoms with E-state index in [0.29, 0.717) is 6.04 Å². The summed E-state index contributed by atoms with van der Waals surface area (Å²) in [7, 11) is -4.27. The van der Waals surface area contributed by atoms with Crippen LogP contribution in [0.3, 0.4) is 0 Å². The van der Waals surface area contributed by atoms with Crippen LogP contribution in [0.25, 0.3) is 0 Å². The topological polar surface area (TPSA) is 84.8 Å². The first kappa shape index (κ1) is 23.3. The van der Waals surface area contributed by atoms with Gasteiger partial charge in [-0.15, -0.1) is 5.56 Å². The van der Waals surface area contributed by atoms with Crippen LogP contribution in [0.15, 0.2) is 83.8 Å². The van der Waals surface area contributed by atoms with Crippen molar-refractivity contribution in [2.75, 3.05) is 0 Å². The maximum absolute atomic E-state index is 10.4. The molecular weight excluding hydrogens is 378 g/mol. The number of quaternary nitrogens is 1. The van der Waals surface area contributed by atoms with E-state index in [-0.39, 0.29) is 22.0 Å². The van der Waals surface area contributed by atoms with E-state index in [1.54, 1.807) is 12.1 Å². The van der Waals surface area contributed by atoms with Crippen molar-refractivity contribution in [3.63, 3.8) is 0 Å². The summed E-state index contributed by atoms with van der Waals surface area (Å²) in [6.07, 6.45) is 0. The largest absolute Gasteiger partial charge is 0.748 e. The normalized spacial score (nSPS) is 11.0. The molecule has 0 spiro atoms. The summed E-state index contributed by atoms with van der Waals surface area (Å²) in [5.41, 5.74) is 6.13. The minimum Gasteiger partial charge on any atom is -0.748 e. The Morgan fingerprint density at radius 1 is 1.00 bits per heavy atom. The van der Waals surface area contributed by atoms with Crippen LogP contribution >= 0.6 is 0 Å². The van der Waals surface area contributed by atoms with E-state index in [9.17, 15) is 13.0 Å². The standard InChI is InChI=1S/C7H10N.C7H8O3S.C5H5.Fe/c1-6(8)7-4-2-3-5-7;1-6-2-4-7(5-3-6)11(8,9)10;1-2-4-5-3-1;/h2-6H,8H2,1H3;2-5H,1H3,(H,8,9,10);1-5H;/q-1;;-5;. The van der Waals surface area contributed by atoms with Crippen molar-refractivity contribution < 1.29 is 35.8 Å². The van der Waals surface area contributed by atoms with Gasteiger partial charge in [0.15, 0.2) is 0 Å². The first-order valence-corrected chi connectivity index (χ1v) is 8.95. The third kappa shape index (κ3) is 10.0. The maximum atomic E-state index is 10.4. The van der Waals surface area contributed by atoms with Gasteiger partial charge in [0, 0.05) is 17.1 Å². The Bertz CT molecular complexity index is 745. The zero-order valence-corrected chi connectivity index (χ0v) is 16.2. The van der Waals surface area contributed by atoms with Gasteiger partial charge in [0.05, 0.1) is 10.9 Å². The van der Waals surface area contributed by atoms with Crippen LogP contribution in [0.2, 0.25) is 0 Å². The van der Waals surface area contributed by atoms with Gasteiger partial charge in [0.1, 0.15) is 10.1 Å². The molecule has 4 nitrogen and oxygen atoms in total. The molecule has 0 saturated carbocycles. The van der Waals surface area contributed by atoms with Gasteiger partial charge in [-0.05, 0) is 26.0 Å². The molecule has 0 aliphatic heterocycles. The molecule has 0 bridgehead atoms. The van der Waals surface area contributed by atoms with Gasteiger partial charge in [-0.2, -0.15) is 12.1 Å². The second-order valence-corrected chi connectivity index (χ2v) is 6.73. The van der Waals surface area contributed by atoms with Crippen LogP contribution in [0, 0.1) is 6.92 Å². The SMILES string of the molecule is CC([NH3+])[c-]1cccc1.Cc1ccc(S(=O)(=O)[O-])cc1.[Fe].[cH-]1[cH-][cH-][cH-][cH-]1. The van der Waals surface area contributed by atoms with E-state index in [1.807, 2.05) is 49.4 Å². The van der Waals surface area contributed by atoms with Crippen LogP contribution in [-0.4, -0.2) is 13.0 Å². The van der Waals surface area contributed by atoms with Crippen molar-refractivity contribution in [1.29, 1.82) is 0 Å². The molecule has 0 amide bonds. The molecule has 0 saturated heterocycles. The van der Waals surface area contributed by atoms with Gasteiger partial charge in [0.25, 0.3) is 0 Å². The predicted octanol–water partition coefficient (Wildman–Crippen LogP) is 3.01. The molecule has 0 radical (unpaired) electrons. The summed E-state index contributed by atoms with van der Waals surface area (Å²) in [6, 6.07) is 24.5. The monoisotopic (exact) mass is 401 g/mol. The van der Waals surface area contributed by atoms with Crippen molar-refractivity contribution in [1.82, 2.24) is 0 Å². The molecule has 1 unspecified atom stereocenters. The van der Waals surface area contributed by atoms with Crippen molar-refractivity contribution >= 4 is 10.1 Å². The first-order valence-electron chi connectivity index (χ1n) is 7.54. The molecular formula is C19H23FeNO3S-6. The fourth-order valence-corrected chi connectivity index (χ4v) is 2.21. The number of hydrogen-bond donors (Lipinski definition) is 1. The Morgan fingerprint density at radius 2 is 1.40 bits per heavy atom. The Hall–Kier alpha value is -1.69. The van der Waals surface area contributed by atoms with Crippen LogP contribution in [0.5, 0.6) is 0 Å². The molecule has 1 atom stereocenters. The Kier molecular flexibility index (Phi) is 11.0. The third-order valence-electron chi connectivity index (χ3n) is 3.12. The van der Waals surface area contributed by atoms with Gasteiger partial charge in [-0.1, -0.05) is 17.7 Å². The third-order valence-corrected chi connectivity index (χ3v) is 3.97. The van der Waals surface area contributed by atoms with E-state index >= 15 is 0 Å². The van der Waals surface area contributed by atoms with Gasteiger partial charge in [-0.25, -0.2) is 20.6 Å². The van der Waals surface area contributed by atoms with Crippen LogP contribution in [-0.2, 0) is 27.2 Å². The zero-order chi connectivity index (χ0) is 18.0. The molecule has 0 aromatic heterocycles. The van der Waals surface area contributed by atoms with Crippen molar-refractivity contribution in [3.05, 3.63) is 90.0 Å². The summed E-state index contributed by atoms with van der Waals surface area (Å²) in [4.78, 5) is -0.178. The van der Waals surface area contributed by atoms with Gasteiger partial charge < -0.3 is 40.6 Å². The summed E-state index contributed by atoms with van der Waals surface area (Å²) >= 11 is 0. The summed E-state index contributed by atoms with van der Waals surface area (Å²) in [5, 5.41) is 0. The molecule has 3 aromatic rings. The van der Waals surface area contributed by atoms with E-state index in [0.717, 1.165) is 5.56 Å². The van der Waals surface area contributed by atoms with E-state index in [4.69, 9.17) is 0 Å². The number of hydrogen-bond acceptors (Lipinski definition) is 3. The van der Waals surface area contributed by atoms with Crippen LogP contribution in [0.4, 0.5) is 0 Å². The van der Waals surface area contributed by atoms with E-state index in [1.165, 1.54) is 17.7 Å². The first-order chi connectivity index (χ1) is 11.3. The second kappa shape index (κ2) is 11.8. The Balaban J connectivity index is 0.000000362. The smallest absolute Gasteiger partial charge is 0.124 e. The molecule has 0 aliphatic carbocycles. The molecule has 0 heterocycles. The minimum atomic E-state index is -4.27. The number of aryl methyl sites for hydroxylation is 1. The van der Waals surface area contributed by atoms with Crippen LogP contribution in [0.1, 0.15) is 24.1 Å². The van der Waals surface area contributed by atoms with Crippen molar-refractivity contribution in [3.8, 4) is 0 Å². The molecule has 3 aromatic carbocycles. The molecule has 0 aliphatic rings. The van der Waals surface area contributed by atoms with Crippen molar-refractivity contribution in [2.24, 2.45) is 0 Å². The van der Waals surface area contributed by atoms with Gasteiger partial charge in [-0.3, -0.25) is 0 Å². The number of benzene rings is 1. The molecule has 3 N–H and O–H groups in total.